The molecule has 0 fully saturated rings. The molecule has 0 spiro atoms. The summed E-state index contributed by atoms with van der Waals surface area (Å²) in [6.07, 6.45) is 17.5. The lowest BCUT2D eigenvalue weighted by molar-refractivity contribution is 1.31. The summed E-state index contributed by atoms with van der Waals surface area (Å²) in [5, 5.41) is 0. The normalized spacial score (nSPS) is 12.0. The van der Waals surface area contributed by atoms with Gasteiger partial charge in [0.2, 0.25) is 0 Å². The zero-order valence-corrected chi connectivity index (χ0v) is 77.4. The van der Waals surface area contributed by atoms with Gasteiger partial charge in [0.1, 0.15) is 0 Å². The Hall–Kier alpha value is -17.7. The van der Waals surface area contributed by atoms with Crippen molar-refractivity contribution in [1.29, 1.82) is 0 Å². The van der Waals surface area contributed by atoms with Crippen LogP contribution in [0.1, 0.15) is 78.9 Å². The molecule has 0 saturated heterocycles. The number of nitrogens with zero attached hydrogens (tertiary/aromatic N) is 4. The molecule has 4 aliphatic heterocycles. The van der Waals surface area contributed by atoms with Gasteiger partial charge in [-0.05, 0) is 261 Å². The van der Waals surface area contributed by atoms with Crippen LogP contribution < -0.4 is 0 Å². The minimum absolute atomic E-state index is 0.823. The second-order valence-electron chi connectivity index (χ2n) is 36.8. The molecule has 20 aromatic rings. The van der Waals surface area contributed by atoms with Crippen molar-refractivity contribution in [2.24, 2.45) is 0 Å². The number of aryl methyl sites for hydroxylation is 6. The van der Waals surface area contributed by atoms with E-state index in [0.29, 0.717) is 0 Å². The molecule has 0 unspecified atom stereocenters. The van der Waals surface area contributed by atoms with Crippen LogP contribution in [0, 0.1) is 41.5 Å². The van der Waals surface area contributed by atoms with Gasteiger partial charge >= 0.3 is 0 Å². The predicted octanol–water partition coefficient (Wildman–Crippen LogP) is 34.5. The largest absolute Gasteiger partial charge is 0.354 e. The van der Waals surface area contributed by atoms with Crippen molar-refractivity contribution in [3.05, 3.63) is 467 Å². The molecular weight excluding hydrogens is 1670 g/mol. The summed E-state index contributed by atoms with van der Waals surface area (Å²) in [6.45, 7) is 12.8. The molecule has 4 N–H and O–H groups in total. The van der Waals surface area contributed by atoms with Gasteiger partial charge in [0, 0.05) is 88.6 Å². The van der Waals surface area contributed by atoms with Crippen LogP contribution >= 0.6 is 0 Å². The van der Waals surface area contributed by atoms with Gasteiger partial charge in [-0.25, -0.2) is 19.9 Å². The molecule has 0 saturated carbocycles. The van der Waals surface area contributed by atoms with Crippen molar-refractivity contribution in [2.45, 2.75) is 41.5 Å². The summed E-state index contributed by atoms with van der Waals surface area (Å²) >= 11 is 0. The van der Waals surface area contributed by atoms with E-state index in [-0.39, 0.29) is 0 Å². The number of hydrogen-bond acceptors (Lipinski definition) is 4. The number of nitrogens with one attached hydrogen (secondary N) is 4. The minimum atomic E-state index is 0.823. The van der Waals surface area contributed by atoms with Crippen LogP contribution in [0.3, 0.4) is 0 Å². The van der Waals surface area contributed by atoms with Gasteiger partial charge < -0.3 is 19.9 Å². The van der Waals surface area contributed by atoms with Crippen molar-refractivity contribution >= 4 is 92.7 Å². The zero-order valence-electron chi connectivity index (χ0n) is 77.4. The van der Waals surface area contributed by atoms with Crippen LogP contribution in [-0.2, 0) is 0 Å². The highest BCUT2D eigenvalue weighted by Gasteiger charge is 2.25. The van der Waals surface area contributed by atoms with Crippen molar-refractivity contribution in [1.82, 2.24) is 39.9 Å². The number of H-pyrrole nitrogens is 4. The molecule has 0 amide bonds. The topological polar surface area (TPSA) is 115 Å². The molecule has 0 atom stereocenters. The number of hydrogen-bond donors (Lipinski definition) is 4. The molecule has 10 heterocycles. The van der Waals surface area contributed by atoms with Gasteiger partial charge in [-0.1, -0.05) is 373 Å². The second kappa shape index (κ2) is 35.0. The fraction of sp³-hybridized carbons (Fsp3) is 0.0462. The third-order valence-electron chi connectivity index (χ3n) is 27.5. The Labute approximate surface area is 802 Å². The van der Waals surface area contributed by atoms with E-state index in [1.807, 2.05) is 0 Å². The van der Waals surface area contributed by atoms with E-state index in [4.69, 9.17) is 19.9 Å². The van der Waals surface area contributed by atoms with E-state index in [1.165, 1.54) is 44.5 Å². The predicted molar refractivity (Wildman–Crippen MR) is 581 cm³/mol. The van der Waals surface area contributed by atoms with Crippen molar-refractivity contribution in [2.75, 3.05) is 0 Å². The third kappa shape index (κ3) is 16.1. The van der Waals surface area contributed by atoms with E-state index in [0.717, 1.165) is 245 Å². The van der Waals surface area contributed by atoms with E-state index < -0.39 is 0 Å². The molecule has 4 aliphatic rings. The fourth-order valence-electron chi connectivity index (χ4n) is 20.0. The van der Waals surface area contributed by atoms with Crippen LogP contribution in [0.15, 0.2) is 388 Å². The highest BCUT2D eigenvalue weighted by molar-refractivity contribution is 6.04. The van der Waals surface area contributed by atoms with Crippen LogP contribution in [0.25, 0.3) is 260 Å². The van der Waals surface area contributed by atoms with Crippen LogP contribution in [-0.4, -0.2) is 39.9 Å². The fourth-order valence-corrected chi connectivity index (χ4v) is 20.0. The molecule has 0 radical (unpaired) electrons. The van der Waals surface area contributed by atoms with E-state index in [9.17, 15) is 0 Å². The average molecular weight is 1770 g/mol. The number of benzene rings is 14. The Bertz CT molecular complexity index is 8000. The lowest BCUT2D eigenvalue weighted by atomic mass is 9.97. The Kier molecular flexibility index (Phi) is 21.2. The molecule has 654 valence electrons. The van der Waals surface area contributed by atoms with E-state index in [1.54, 1.807) is 0 Å². The molecule has 8 nitrogen and oxygen atoms in total. The highest BCUT2D eigenvalue weighted by atomic mass is 14.8. The van der Waals surface area contributed by atoms with Crippen molar-refractivity contribution < 1.29 is 0 Å². The second-order valence-corrected chi connectivity index (χ2v) is 36.8. The highest BCUT2D eigenvalue weighted by Crippen LogP contribution is 2.46. The van der Waals surface area contributed by atoms with Gasteiger partial charge in [-0.15, -0.1) is 0 Å². The molecule has 138 heavy (non-hydrogen) atoms. The van der Waals surface area contributed by atoms with Crippen LogP contribution in [0.4, 0.5) is 0 Å². The standard InChI is InChI=1S/C130H94N8/c1-79-7-19-85(20-8-79)91-31-47-99(48-32-91)123-107-63-67-111(131-107)125(101-51-35-93(36-52-101)87-23-11-81(3)12-24-87)115-71-75-119(135-115)129(120-76-72-116(136-120)126(112-68-64-108(123)132-112)102-53-37-94(38-54-102)88-25-13-82(4)14-26-88)105-59-43-97(44-60-105)98-45-61-106(62-46-98)130-121-77-73-117(137-121)127(103-55-39-95(40-56-103)89-27-15-83(5)16-28-89)113-69-65-109(133-113)124(100-49-33-92(34-50-100)86-21-9-80(2)10-22-86)110-66-70-114(134-110)128(118-74-78-122(130)138-118)104-57-41-96(42-58-104)90-29-17-84(6)18-30-90/h7-78,131,133,136,138H,1-6H3. The lowest BCUT2D eigenvalue weighted by Gasteiger charge is -2.10. The summed E-state index contributed by atoms with van der Waals surface area (Å²) in [5.41, 5.74) is 53.3. The summed E-state index contributed by atoms with van der Waals surface area (Å²) in [6, 6.07) is 142. The molecule has 0 aliphatic carbocycles. The van der Waals surface area contributed by atoms with Gasteiger partial charge in [-0.3, -0.25) is 0 Å². The van der Waals surface area contributed by atoms with E-state index >= 15 is 0 Å². The van der Waals surface area contributed by atoms with Crippen LogP contribution in [0.5, 0.6) is 0 Å². The molecule has 16 bridgehead atoms. The van der Waals surface area contributed by atoms with Crippen molar-refractivity contribution in [3.63, 3.8) is 0 Å². The SMILES string of the molecule is Cc1ccc(-c2ccc(-c3c4nc(c(-c5ccc(-c6ccc(C)cc6)cc5)c5ccc([nH]5)c(-c5ccc(-c6ccc(-c7c8nc(c(-c9ccc(-c%10ccc(C)cc%10)cc9)c9ccc([nH]9)c(-c9ccc(-c%10ccc(C)cc%10)cc9)c9nc(c(-c%10ccc(-c%11ccc(C)cc%11)cc%10)c%10ccc7[nH]%10)C=C9)C=C8)cc6)cc5)c5nc(c(-c6ccc(-c7ccc(C)cc7)cc6)c6ccc3[nH]6)C=C5)C=C4)cc2)cc1. The number of rotatable bonds is 15. The maximum absolute atomic E-state index is 5.80. The number of aromatic nitrogens is 8. The van der Waals surface area contributed by atoms with Crippen LogP contribution in [0.2, 0.25) is 0 Å². The Morgan fingerprint density at radius 1 is 0.109 bits per heavy atom. The molecule has 8 heteroatoms. The van der Waals surface area contributed by atoms with Gasteiger partial charge in [0.15, 0.2) is 0 Å². The van der Waals surface area contributed by atoms with E-state index in [2.05, 4.69) is 498 Å². The summed E-state index contributed by atoms with van der Waals surface area (Å²) in [5.74, 6) is 0. The third-order valence-corrected chi connectivity index (χ3v) is 27.5. The molecule has 24 rings (SSSR count). The van der Waals surface area contributed by atoms with Gasteiger partial charge in [-0.2, -0.15) is 0 Å². The smallest absolute Gasteiger partial charge is 0.0737 e. The first-order valence-corrected chi connectivity index (χ1v) is 47.3. The molecule has 6 aromatic heterocycles. The quantitative estimate of drug-likeness (QED) is 0.0818. The minimum Gasteiger partial charge on any atom is -0.354 e. The first-order chi connectivity index (χ1) is 67.7. The number of aromatic amines is 4. The summed E-state index contributed by atoms with van der Waals surface area (Å²) in [7, 11) is 0. The first-order valence-electron chi connectivity index (χ1n) is 47.3. The molecular formula is C130H94N8. The Balaban J connectivity index is 0.669. The summed E-state index contributed by atoms with van der Waals surface area (Å²) < 4.78 is 0. The monoisotopic (exact) mass is 1770 g/mol. The molecule has 14 aromatic carbocycles. The van der Waals surface area contributed by atoms with Crippen molar-refractivity contribution in [3.8, 4) is 167 Å². The Morgan fingerprint density at radius 3 is 0.297 bits per heavy atom. The lowest BCUT2D eigenvalue weighted by Crippen LogP contribution is -1.90. The zero-order chi connectivity index (χ0) is 92.6. The summed E-state index contributed by atoms with van der Waals surface area (Å²) in [4.78, 5) is 39.3. The first kappa shape index (κ1) is 83.4. The average Bonchev–Trinajstić information content (AvgIpc) is 1.61. The maximum atomic E-state index is 5.80. The maximum Gasteiger partial charge on any atom is 0.0737 e. The Morgan fingerprint density at radius 2 is 0.196 bits per heavy atom. The van der Waals surface area contributed by atoms with Gasteiger partial charge in [0.25, 0.3) is 0 Å². The van der Waals surface area contributed by atoms with Gasteiger partial charge in [0.05, 0.1) is 45.6 Å². The number of fused-ring (bicyclic) bond motifs is 16.